The van der Waals surface area contributed by atoms with Gasteiger partial charge in [-0.05, 0) is 198 Å². The average molecular weight is 805 g/mol. The molecular weight excluding hydrogens is 753 g/mol. The highest BCUT2D eigenvalue weighted by Gasteiger charge is 2.52. The predicted molar refractivity (Wildman–Crippen MR) is 249 cm³/mol. The molecule has 8 aliphatic rings. The van der Waals surface area contributed by atoms with Gasteiger partial charge in [-0.3, -0.25) is 0 Å². The van der Waals surface area contributed by atoms with Crippen molar-refractivity contribution < 1.29 is 0 Å². The van der Waals surface area contributed by atoms with Gasteiger partial charge in [-0.1, -0.05) is 103 Å². The maximum absolute atomic E-state index is 9.67. The smallest absolute Gasteiger partial charge is 0.164 e. The van der Waals surface area contributed by atoms with Crippen LogP contribution in [0.3, 0.4) is 0 Å². The lowest BCUT2D eigenvalue weighted by Crippen LogP contribution is -2.48. The van der Waals surface area contributed by atoms with Crippen LogP contribution in [0, 0.1) is 46.8 Å². The standard InChI is InChI=1S/C58H52N4/c59-35-36-7-8-45-9-10-50(28-51(45)25-36)56-61-54(48-5-1-3-46(26-48)43-11-15-52(16-12-43)57-29-37-19-38(30-57)21-39(20-37)31-57)60-55(62-56)49-6-2-4-47(27-49)44-13-17-53(18-14-44)58-32-40-22-41(33-58)24-42(23-40)34-58/h1-18,25-28,37-42H,19-24,29-34H2/t37-,38+,39-,40-,41+,42-,57?,58?. The van der Waals surface area contributed by atoms with E-state index in [1.54, 1.807) is 11.1 Å². The first-order chi connectivity index (χ1) is 30.4. The van der Waals surface area contributed by atoms with Gasteiger partial charge in [0.15, 0.2) is 17.5 Å². The van der Waals surface area contributed by atoms with Gasteiger partial charge in [-0.15, -0.1) is 0 Å². The number of aromatic nitrogens is 3. The Kier molecular flexibility index (Phi) is 8.32. The average Bonchev–Trinajstić information content (AvgIpc) is 3.30. The van der Waals surface area contributed by atoms with Crippen molar-refractivity contribution in [2.45, 2.75) is 87.9 Å². The van der Waals surface area contributed by atoms with Crippen LogP contribution in [0.1, 0.15) is 93.7 Å². The first-order valence-electron chi connectivity index (χ1n) is 23.5. The summed E-state index contributed by atoms with van der Waals surface area (Å²) in [5.74, 6) is 7.50. The molecule has 6 aromatic carbocycles. The van der Waals surface area contributed by atoms with Gasteiger partial charge in [0.2, 0.25) is 0 Å². The first kappa shape index (κ1) is 36.7. The quantitative estimate of drug-likeness (QED) is 0.161. The van der Waals surface area contributed by atoms with Crippen LogP contribution in [-0.2, 0) is 10.8 Å². The molecule has 0 spiro atoms. The number of rotatable bonds is 7. The summed E-state index contributed by atoms with van der Waals surface area (Å²) in [6, 6.07) is 51.0. The number of benzene rings is 6. The van der Waals surface area contributed by atoms with Crippen molar-refractivity contribution in [2.75, 3.05) is 0 Å². The zero-order chi connectivity index (χ0) is 41.0. The summed E-state index contributed by atoms with van der Waals surface area (Å²) in [5.41, 5.74) is 12.1. The molecule has 0 N–H and O–H groups in total. The molecule has 0 radical (unpaired) electrons. The lowest BCUT2D eigenvalue weighted by molar-refractivity contribution is -0.00530. The van der Waals surface area contributed by atoms with E-state index in [0.717, 1.165) is 74.1 Å². The highest BCUT2D eigenvalue weighted by atomic mass is 15.0. The highest BCUT2D eigenvalue weighted by Crippen LogP contribution is 2.62. The van der Waals surface area contributed by atoms with Gasteiger partial charge < -0.3 is 0 Å². The lowest BCUT2D eigenvalue weighted by atomic mass is 9.48. The minimum atomic E-state index is 0.389. The summed E-state index contributed by atoms with van der Waals surface area (Å²) >= 11 is 0. The van der Waals surface area contributed by atoms with Crippen molar-refractivity contribution in [3.63, 3.8) is 0 Å². The second-order valence-electron chi connectivity index (χ2n) is 20.9. The summed E-state index contributed by atoms with van der Waals surface area (Å²) in [5, 5.41) is 11.7. The second-order valence-corrected chi connectivity index (χ2v) is 20.9. The van der Waals surface area contributed by atoms with Crippen LogP contribution in [-0.4, -0.2) is 15.0 Å². The molecule has 1 heterocycles. The van der Waals surface area contributed by atoms with E-state index < -0.39 is 0 Å². The lowest BCUT2D eigenvalue weighted by Gasteiger charge is -2.57. The van der Waals surface area contributed by atoms with Crippen LogP contribution < -0.4 is 0 Å². The number of hydrogen-bond donors (Lipinski definition) is 0. The van der Waals surface area contributed by atoms with Crippen LogP contribution in [0.2, 0.25) is 0 Å². The number of nitriles is 1. The summed E-state index contributed by atoms with van der Waals surface area (Å²) < 4.78 is 0. The Morgan fingerprint density at radius 3 is 1.16 bits per heavy atom. The molecule has 304 valence electrons. The van der Waals surface area contributed by atoms with E-state index in [0.29, 0.717) is 33.9 Å². The SMILES string of the molecule is N#Cc1ccc2ccc(-c3nc(-c4cccc(-c5ccc(C67C[C@H]8C[C@@H](C6)C[C@@H](C7)C8)cc5)c4)nc(-c4cccc(-c5ccc(C67C[C@H]8C[C@@H](C6)C[C@@H](C7)C8)cc5)c4)n3)cc2c1. The molecule has 0 unspecified atom stereocenters. The Balaban J connectivity index is 0.856. The van der Waals surface area contributed by atoms with E-state index in [2.05, 4.69) is 121 Å². The summed E-state index contributed by atoms with van der Waals surface area (Å²) in [7, 11) is 0. The van der Waals surface area contributed by atoms with Crippen molar-refractivity contribution in [1.82, 2.24) is 15.0 Å². The molecule has 8 fully saturated rings. The molecule has 8 aliphatic carbocycles. The third-order valence-electron chi connectivity index (χ3n) is 16.8. The Labute approximate surface area is 365 Å². The number of nitrogens with zero attached hydrogens (tertiary/aromatic N) is 4. The van der Waals surface area contributed by atoms with E-state index in [-0.39, 0.29) is 0 Å². The zero-order valence-corrected chi connectivity index (χ0v) is 35.4. The molecule has 15 rings (SSSR count). The van der Waals surface area contributed by atoms with Crippen LogP contribution in [0.15, 0.2) is 133 Å². The normalized spacial score (nSPS) is 29.0. The van der Waals surface area contributed by atoms with Gasteiger partial charge in [-0.2, -0.15) is 5.26 Å². The molecule has 0 atom stereocenters. The number of fused-ring (bicyclic) bond motifs is 1. The fourth-order valence-corrected chi connectivity index (χ4v) is 14.9. The van der Waals surface area contributed by atoms with Gasteiger partial charge in [0.25, 0.3) is 0 Å². The van der Waals surface area contributed by atoms with E-state index in [9.17, 15) is 5.26 Å². The summed E-state index contributed by atoms with van der Waals surface area (Å²) in [4.78, 5) is 15.6. The minimum Gasteiger partial charge on any atom is -0.208 e. The van der Waals surface area contributed by atoms with Crippen molar-refractivity contribution in [1.29, 1.82) is 5.26 Å². The minimum absolute atomic E-state index is 0.389. The van der Waals surface area contributed by atoms with Crippen LogP contribution in [0.5, 0.6) is 0 Å². The Hall–Kier alpha value is -5.92. The fourth-order valence-electron chi connectivity index (χ4n) is 14.9. The zero-order valence-electron chi connectivity index (χ0n) is 35.4. The van der Waals surface area contributed by atoms with Crippen molar-refractivity contribution >= 4 is 10.8 Å². The molecular formula is C58H52N4. The van der Waals surface area contributed by atoms with Gasteiger partial charge in [0, 0.05) is 16.7 Å². The van der Waals surface area contributed by atoms with E-state index in [1.165, 1.54) is 88.2 Å². The van der Waals surface area contributed by atoms with Gasteiger partial charge in [0.1, 0.15) is 0 Å². The summed E-state index contributed by atoms with van der Waals surface area (Å²) in [6.45, 7) is 0. The predicted octanol–water partition coefficient (Wildman–Crippen LogP) is 14.2. The van der Waals surface area contributed by atoms with Gasteiger partial charge in [0.05, 0.1) is 11.6 Å². The molecule has 4 heteroatoms. The monoisotopic (exact) mass is 804 g/mol. The second kappa shape index (κ2) is 14.0. The Morgan fingerprint density at radius 2 is 0.742 bits per heavy atom. The molecule has 8 saturated carbocycles. The topological polar surface area (TPSA) is 62.5 Å². The molecule has 7 aromatic rings. The molecule has 1 aromatic heterocycles. The molecule has 0 saturated heterocycles. The van der Waals surface area contributed by atoms with E-state index >= 15 is 0 Å². The largest absolute Gasteiger partial charge is 0.208 e. The molecule has 0 amide bonds. The van der Waals surface area contributed by atoms with E-state index in [4.69, 9.17) is 15.0 Å². The van der Waals surface area contributed by atoms with Gasteiger partial charge >= 0.3 is 0 Å². The molecule has 4 nitrogen and oxygen atoms in total. The Bertz CT molecular complexity index is 2720. The maximum atomic E-state index is 9.67. The summed E-state index contributed by atoms with van der Waals surface area (Å²) in [6.07, 6.45) is 17.1. The number of hydrogen-bond acceptors (Lipinski definition) is 4. The highest BCUT2D eigenvalue weighted by molar-refractivity contribution is 5.88. The Morgan fingerprint density at radius 1 is 0.371 bits per heavy atom. The third-order valence-corrected chi connectivity index (χ3v) is 16.8. The van der Waals surface area contributed by atoms with Crippen molar-refractivity contribution in [3.05, 3.63) is 150 Å². The van der Waals surface area contributed by atoms with Crippen molar-refractivity contribution in [2.24, 2.45) is 35.5 Å². The molecule has 0 aliphatic heterocycles. The van der Waals surface area contributed by atoms with Crippen molar-refractivity contribution in [3.8, 4) is 62.5 Å². The van der Waals surface area contributed by atoms with E-state index in [1.807, 2.05) is 18.2 Å². The van der Waals surface area contributed by atoms with Crippen LogP contribution in [0.25, 0.3) is 67.2 Å². The first-order valence-corrected chi connectivity index (χ1v) is 23.5. The van der Waals surface area contributed by atoms with Gasteiger partial charge in [-0.25, -0.2) is 15.0 Å². The fraction of sp³-hybridized carbons (Fsp3) is 0.345. The maximum Gasteiger partial charge on any atom is 0.164 e. The third kappa shape index (κ3) is 6.25. The van der Waals surface area contributed by atoms with Crippen LogP contribution >= 0.6 is 0 Å². The molecule has 62 heavy (non-hydrogen) atoms. The van der Waals surface area contributed by atoms with Crippen LogP contribution in [0.4, 0.5) is 0 Å². The molecule has 8 bridgehead atoms.